The lowest BCUT2D eigenvalue weighted by molar-refractivity contribution is 0.0950. The third-order valence-corrected chi connectivity index (χ3v) is 3.56. The SMILES string of the molecule is Cn1cc(C(=O)NCc2ccccc2-n2ccnc2)ccc1=O. The zero-order valence-corrected chi connectivity index (χ0v) is 12.6. The Morgan fingerprint density at radius 3 is 2.78 bits per heavy atom. The highest BCUT2D eigenvalue weighted by Gasteiger charge is 2.09. The van der Waals surface area contributed by atoms with E-state index in [1.165, 1.54) is 22.9 Å². The highest BCUT2D eigenvalue weighted by Crippen LogP contribution is 2.14. The van der Waals surface area contributed by atoms with E-state index in [0.29, 0.717) is 12.1 Å². The zero-order chi connectivity index (χ0) is 16.2. The number of hydrogen-bond acceptors (Lipinski definition) is 3. The van der Waals surface area contributed by atoms with Crippen LogP contribution in [-0.4, -0.2) is 20.0 Å². The van der Waals surface area contributed by atoms with Crippen LogP contribution >= 0.6 is 0 Å². The lowest BCUT2D eigenvalue weighted by Gasteiger charge is -2.11. The number of pyridine rings is 1. The summed E-state index contributed by atoms with van der Waals surface area (Å²) in [4.78, 5) is 27.6. The number of carbonyl (C=O) groups excluding carboxylic acids is 1. The molecule has 0 unspecified atom stereocenters. The van der Waals surface area contributed by atoms with Gasteiger partial charge in [0.05, 0.1) is 17.6 Å². The van der Waals surface area contributed by atoms with Crippen molar-refractivity contribution in [3.8, 4) is 5.69 Å². The van der Waals surface area contributed by atoms with Crippen molar-refractivity contribution in [3.05, 3.63) is 82.8 Å². The van der Waals surface area contributed by atoms with Gasteiger partial charge in [-0.05, 0) is 17.7 Å². The molecule has 1 N–H and O–H groups in total. The molecule has 0 aliphatic rings. The first kappa shape index (κ1) is 14.8. The number of imidazole rings is 1. The number of amides is 1. The van der Waals surface area contributed by atoms with Gasteiger partial charge in [-0.3, -0.25) is 9.59 Å². The van der Waals surface area contributed by atoms with Crippen LogP contribution in [0.5, 0.6) is 0 Å². The largest absolute Gasteiger partial charge is 0.348 e. The van der Waals surface area contributed by atoms with Crippen molar-refractivity contribution in [2.75, 3.05) is 0 Å². The summed E-state index contributed by atoms with van der Waals surface area (Å²) in [6, 6.07) is 10.7. The minimum absolute atomic E-state index is 0.146. The molecule has 0 spiro atoms. The summed E-state index contributed by atoms with van der Waals surface area (Å²) in [6.07, 6.45) is 6.81. The van der Waals surface area contributed by atoms with Crippen LogP contribution in [-0.2, 0) is 13.6 Å². The van der Waals surface area contributed by atoms with Crippen LogP contribution < -0.4 is 10.9 Å². The number of aromatic nitrogens is 3. The third-order valence-electron chi connectivity index (χ3n) is 3.56. The molecule has 3 aromatic rings. The Morgan fingerprint density at radius 1 is 1.22 bits per heavy atom. The fourth-order valence-corrected chi connectivity index (χ4v) is 2.32. The summed E-state index contributed by atoms with van der Waals surface area (Å²) in [5.74, 6) is -0.221. The summed E-state index contributed by atoms with van der Waals surface area (Å²) in [7, 11) is 1.62. The van der Waals surface area contributed by atoms with Gasteiger partial charge >= 0.3 is 0 Å². The summed E-state index contributed by atoms with van der Waals surface area (Å²) in [6.45, 7) is 0.385. The molecule has 23 heavy (non-hydrogen) atoms. The van der Waals surface area contributed by atoms with Crippen molar-refractivity contribution < 1.29 is 4.79 Å². The monoisotopic (exact) mass is 308 g/mol. The van der Waals surface area contributed by atoms with E-state index in [2.05, 4.69) is 10.3 Å². The summed E-state index contributed by atoms with van der Waals surface area (Å²) >= 11 is 0. The van der Waals surface area contributed by atoms with E-state index in [1.807, 2.05) is 35.0 Å². The van der Waals surface area contributed by atoms with E-state index in [-0.39, 0.29) is 11.5 Å². The van der Waals surface area contributed by atoms with Crippen LogP contribution in [0.4, 0.5) is 0 Å². The van der Waals surface area contributed by atoms with Crippen molar-refractivity contribution in [1.29, 1.82) is 0 Å². The topological polar surface area (TPSA) is 68.9 Å². The predicted octanol–water partition coefficient (Wildman–Crippen LogP) is 1.50. The maximum absolute atomic E-state index is 12.2. The molecule has 2 aromatic heterocycles. The van der Waals surface area contributed by atoms with Crippen LogP contribution in [0.3, 0.4) is 0 Å². The Bertz CT molecular complexity index is 882. The fraction of sp³-hybridized carbons (Fsp3) is 0.118. The highest BCUT2D eigenvalue weighted by molar-refractivity contribution is 5.93. The lowest BCUT2D eigenvalue weighted by Crippen LogP contribution is -2.25. The van der Waals surface area contributed by atoms with Crippen molar-refractivity contribution in [3.63, 3.8) is 0 Å². The van der Waals surface area contributed by atoms with E-state index in [9.17, 15) is 9.59 Å². The van der Waals surface area contributed by atoms with Crippen molar-refractivity contribution >= 4 is 5.91 Å². The Labute approximate surface area is 133 Å². The van der Waals surface area contributed by atoms with Crippen LogP contribution in [0.2, 0.25) is 0 Å². The van der Waals surface area contributed by atoms with Gasteiger partial charge in [-0.2, -0.15) is 0 Å². The van der Waals surface area contributed by atoms with Crippen LogP contribution in [0.1, 0.15) is 15.9 Å². The Morgan fingerprint density at radius 2 is 2.04 bits per heavy atom. The second-order valence-electron chi connectivity index (χ2n) is 5.15. The number of nitrogens with zero attached hydrogens (tertiary/aromatic N) is 3. The van der Waals surface area contributed by atoms with Crippen LogP contribution in [0, 0.1) is 0 Å². The molecule has 6 nitrogen and oxygen atoms in total. The highest BCUT2D eigenvalue weighted by atomic mass is 16.2. The first-order valence-electron chi connectivity index (χ1n) is 7.16. The molecule has 1 amide bonds. The molecule has 0 saturated heterocycles. The summed E-state index contributed by atoms with van der Waals surface area (Å²) in [5, 5.41) is 2.88. The maximum Gasteiger partial charge on any atom is 0.253 e. The van der Waals surface area contributed by atoms with E-state index in [4.69, 9.17) is 0 Å². The van der Waals surface area contributed by atoms with Gasteiger partial charge in [0.25, 0.3) is 5.91 Å². The molecule has 6 heteroatoms. The molecule has 1 aromatic carbocycles. The van der Waals surface area contributed by atoms with Gasteiger partial charge in [0.2, 0.25) is 5.56 Å². The minimum atomic E-state index is -0.221. The van der Waals surface area contributed by atoms with Gasteiger partial charge in [-0.15, -0.1) is 0 Å². The van der Waals surface area contributed by atoms with Gasteiger partial charge in [-0.25, -0.2) is 4.98 Å². The molecule has 0 atom stereocenters. The molecule has 0 radical (unpaired) electrons. The molecule has 0 saturated carbocycles. The molecular weight excluding hydrogens is 292 g/mol. The van der Waals surface area contributed by atoms with Gasteiger partial charge < -0.3 is 14.5 Å². The minimum Gasteiger partial charge on any atom is -0.348 e. The molecule has 116 valence electrons. The van der Waals surface area contributed by atoms with E-state index >= 15 is 0 Å². The predicted molar refractivity (Wildman–Crippen MR) is 86.4 cm³/mol. The molecule has 0 fully saturated rings. The second-order valence-corrected chi connectivity index (χ2v) is 5.15. The Hall–Kier alpha value is -3.15. The van der Waals surface area contributed by atoms with Crippen molar-refractivity contribution in [2.45, 2.75) is 6.54 Å². The Kier molecular flexibility index (Phi) is 4.05. The number of rotatable bonds is 4. The lowest BCUT2D eigenvalue weighted by atomic mass is 10.1. The van der Waals surface area contributed by atoms with Crippen molar-refractivity contribution in [1.82, 2.24) is 19.4 Å². The molecular formula is C17H16N4O2. The summed E-state index contributed by atoms with van der Waals surface area (Å²) in [5.41, 5.74) is 2.24. The molecule has 0 aliphatic heterocycles. The van der Waals surface area contributed by atoms with Crippen LogP contribution in [0.15, 0.2) is 66.1 Å². The molecule has 0 bridgehead atoms. The molecule has 0 aliphatic carbocycles. The van der Waals surface area contributed by atoms with E-state index in [0.717, 1.165) is 11.3 Å². The number of benzene rings is 1. The van der Waals surface area contributed by atoms with E-state index in [1.54, 1.807) is 19.6 Å². The Balaban J connectivity index is 1.77. The standard InChI is InChI=1S/C17H16N4O2/c1-20-11-14(6-7-16(20)22)17(23)19-10-13-4-2-3-5-15(13)21-9-8-18-12-21/h2-9,11-12H,10H2,1H3,(H,19,23). The van der Waals surface area contributed by atoms with Crippen LogP contribution in [0.25, 0.3) is 5.69 Å². The second kappa shape index (κ2) is 6.31. The maximum atomic E-state index is 12.2. The number of hydrogen-bond donors (Lipinski definition) is 1. The van der Waals surface area contributed by atoms with E-state index < -0.39 is 0 Å². The normalized spacial score (nSPS) is 10.5. The number of carbonyl (C=O) groups is 1. The number of nitrogens with one attached hydrogen (secondary N) is 1. The average Bonchev–Trinajstić information content (AvgIpc) is 3.10. The summed E-state index contributed by atoms with van der Waals surface area (Å²) < 4.78 is 3.28. The van der Waals surface area contributed by atoms with Gasteiger partial charge in [0.1, 0.15) is 0 Å². The van der Waals surface area contributed by atoms with Gasteiger partial charge in [0, 0.05) is 38.2 Å². The number of aryl methyl sites for hydroxylation is 1. The third kappa shape index (κ3) is 3.21. The first-order chi connectivity index (χ1) is 11.1. The zero-order valence-electron chi connectivity index (χ0n) is 12.6. The van der Waals surface area contributed by atoms with Crippen molar-refractivity contribution in [2.24, 2.45) is 7.05 Å². The molecule has 2 heterocycles. The number of para-hydroxylation sites is 1. The average molecular weight is 308 g/mol. The van der Waals surface area contributed by atoms with Gasteiger partial charge in [-0.1, -0.05) is 18.2 Å². The smallest absolute Gasteiger partial charge is 0.253 e. The first-order valence-corrected chi connectivity index (χ1v) is 7.16. The molecule has 3 rings (SSSR count). The van der Waals surface area contributed by atoms with Gasteiger partial charge in [0.15, 0.2) is 0 Å². The quantitative estimate of drug-likeness (QED) is 0.794. The fourth-order valence-electron chi connectivity index (χ4n) is 2.32.